The molecule has 1 rings (SSSR count). The molecule has 0 aliphatic carbocycles. The summed E-state index contributed by atoms with van der Waals surface area (Å²) in [5, 5.41) is 9.66. The van der Waals surface area contributed by atoms with Crippen LogP contribution in [-0.2, 0) is 9.47 Å². The molecule has 14 heavy (non-hydrogen) atoms. The third kappa shape index (κ3) is 2.92. The summed E-state index contributed by atoms with van der Waals surface area (Å²) < 4.78 is 10.6. The highest BCUT2D eigenvalue weighted by molar-refractivity contribution is 4.81. The summed E-state index contributed by atoms with van der Waals surface area (Å²) in [6.07, 6.45) is 0.0666. The number of hydrogen-bond acceptors (Lipinski definition) is 4. The highest BCUT2D eigenvalue weighted by atomic mass is 16.6. The van der Waals surface area contributed by atoms with Gasteiger partial charge in [-0.05, 0) is 27.4 Å². The van der Waals surface area contributed by atoms with Gasteiger partial charge in [-0.1, -0.05) is 0 Å². The van der Waals surface area contributed by atoms with Crippen LogP contribution in [-0.4, -0.2) is 56.3 Å². The van der Waals surface area contributed by atoms with Gasteiger partial charge in [-0.15, -0.1) is 0 Å². The first kappa shape index (κ1) is 11.9. The third-order valence-electron chi connectivity index (χ3n) is 2.62. The quantitative estimate of drug-likeness (QED) is 0.716. The van der Waals surface area contributed by atoms with Gasteiger partial charge in [0.1, 0.15) is 6.10 Å². The van der Waals surface area contributed by atoms with Crippen molar-refractivity contribution >= 4 is 0 Å². The van der Waals surface area contributed by atoms with E-state index < -0.39 is 6.29 Å². The SMILES string of the molecule is CO[C@H]1C(CN(C)C)C[C@@H](C)O[C@H]1O. The Balaban J connectivity index is 2.58. The summed E-state index contributed by atoms with van der Waals surface area (Å²) in [5.74, 6) is 0.341. The van der Waals surface area contributed by atoms with Crippen LogP contribution in [0.5, 0.6) is 0 Å². The van der Waals surface area contributed by atoms with Crippen LogP contribution in [0.4, 0.5) is 0 Å². The van der Waals surface area contributed by atoms with Crippen molar-refractivity contribution in [3.05, 3.63) is 0 Å². The second kappa shape index (κ2) is 5.07. The molecular weight excluding hydrogens is 182 g/mol. The van der Waals surface area contributed by atoms with Crippen LogP contribution >= 0.6 is 0 Å². The number of aliphatic hydroxyl groups is 1. The molecule has 0 aromatic rings. The predicted octanol–water partition coefficient (Wildman–Crippen LogP) is 0.306. The maximum atomic E-state index is 9.66. The minimum Gasteiger partial charge on any atom is -0.376 e. The summed E-state index contributed by atoms with van der Waals surface area (Å²) in [6, 6.07) is 0. The van der Waals surface area contributed by atoms with E-state index in [2.05, 4.69) is 4.90 Å². The van der Waals surface area contributed by atoms with E-state index in [1.807, 2.05) is 21.0 Å². The van der Waals surface area contributed by atoms with Crippen LogP contribution in [0.2, 0.25) is 0 Å². The number of aliphatic hydroxyl groups excluding tert-OH is 1. The fourth-order valence-electron chi connectivity index (χ4n) is 2.12. The lowest BCUT2D eigenvalue weighted by Crippen LogP contribution is -2.48. The molecule has 1 aliphatic heterocycles. The van der Waals surface area contributed by atoms with Gasteiger partial charge in [0, 0.05) is 19.6 Å². The molecule has 0 bridgehead atoms. The average Bonchev–Trinajstić information content (AvgIpc) is 2.01. The Hall–Kier alpha value is -0.160. The molecule has 4 heteroatoms. The minimum absolute atomic E-state index is 0.112. The van der Waals surface area contributed by atoms with Crippen LogP contribution in [0.25, 0.3) is 0 Å². The Morgan fingerprint density at radius 2 is 2.14 bits per heavy atom. The van der Waals surface area contributed by atoms with Gasteiger partial charge in [0.05, 0.1) is 6.10 Å². The van der Waals surface area contributed by atoms with Gasteiger partial charge in [0.15, 0.2) is 6.29 Å². The molecule has 4 nitrogen and oxygen atoms in total. The van der Waals surface area contributed by atoms with Crippen LogP contribution in [0, 0.1) is 5.92 Å². The fourth-order valence-corrected chi connectivity index (χ4v) is 2.12. The lowest BCUT2D eigenvalue weighted by atomic mass is 9.92. The zero-order valence-electron chi connectivity index (χ0n) is 9.43. The first-order valence-electron chi connectivity index (χ1n) is 5.05. The fraction of sp³-hybridized carbons (Fsp3) is 1.00. The molecule has 1 heterocycles. The summed E-state index contributed by atoms with van der Waals surface area (Å²) in [7, 11) is 5.67. The molecule has 0 radical (unpaired) electrons. The van der Waals surface area contributed by atoms with Gasteiger partial charge in [0.2, 0.25) is 0 Å². The lowest BCUT2D eigenvalue weighted by Gasteiger charge is -2.38. The maximum absolute atomic E-state index is 9.66. The molecule has 4 atom stereocenters. The van der Waals surface area contributed by atoms with Crippen molar-refractivity contribution in [3.63, 3.8) is 0 Å². The molecule has 0 spiro atoms. The minimum atomic E-state index is -0.784. The van der Waals surface area contributed by atoms with E-state index in [4.69, 9.17) is 9.47 Å². The Morgan fingerprint density at radius 1 is 1.50 bits per heavy atom. The summed E-state index contributed by atoms with van der Waals surface area (Å²) >= 11 is 0. The Morgan fingerprint density at radius 3 is 2.64 bits per heavy atom. The van der Waals surface area contributed by atoms with Crippen LogP contribution in [0.15, 0.2) is 0 Å². The molecule has 0 aromatic carbocycles. The summed E-state index contributed by atoms with van der Waals surface area (Å²) in [4.78, 5) is 2.11. The second-order valence-corrected chi connectivity index (χ2v) is 4.30. The number of hydrogen-bond donors (Lipinski definition) is 1. The van der Waals surface area contributed by atoms with Gasteiger partial charge in [-0.3, -0.25) is 0 Å². The molecule has 0 aromatic heterocycles. The normalized spacial score (nSPS) is 39.0. The molecule has 0 amide bonds. The zero-order valence-corrected chi connectivity index (χ0v) is 9.43. The van der Waals surface area contributed by atoms with Crippen molar-refractivity contribution in [2.75, 3.05) is 27.7 Å². The molecule has 84 valence electrons. The number of nitrogens with zero attached hydrogens (tertiary/aromatic N) is 1. The number of rotatable bonds is 3. The first-order valence-corrected chi connectivity index (χ1v) is 5.05. The Bertz CT molecular complexity index is 173. The van der Waals surface area contributed by atoms with E-state index in [1.54, 1.807) is 7.11 Å². The van der Waals surface area contributed by atoms with Crippen molar-refractivity contribution in [3.8, 4) is 0 Å². The molecule has 0 saturated carbocycles. The van der Waals surface area contributed by atoms with Crippen molar-refractivity contribution in [2.45, 2.75) is 31.8 Å². The van der Waals surface area contributed by atoms with Crippen LogP contribution < -0.4 is 0 Å². The smallest absolute Gasteiger partial charge is 0.181 e. The van der Waals surface area contributed by atoms with Crippen LogP contribution in [0.1, 0.15) is 13.3 Å². The average molecular weight is 203 g/mol. The van der Waals surface area contributed by atoms with E-state index in [0.29, 0.717) is 5.92 Å². The van der Waals surface area contributed by atoms with E-state index in [0.717, 1.165) is 13.0 Å². The van der Waals surface area contributed by atoms with Crippen molar-refractivity contribution in [1.29, 1.82) is 0 Å². The van der Waals surface area contributed by atoms with E-state index in [1.165, 1.54) is 0 Å². The molecule has 1 fully saturated rings. The van der Waals surface area contributed by atoms with E-state index in [9.17, 15) is 5.11 Å². The van der Waals surface area contributed by atoms with Crippen molar-refractivity contribution < 1.29 is 14.6 Å². The van der Waals surface area contributed by atoms with E-state index >= 15 is 0 Å². The van der Waals surface area contributed by atoms with Gasteiger partial charge < -0.3 is 19.5 Å². The van der Waals surface area contributed by atoms with E-state index in [-0.39, 0.29) is 12.2 Å². The number of ether oxygens (including phenoxy) is 2. The number of methoxy groups -OCH3 is 1. The standard InChI is InChI=1S/C10H21NO3/c1-7-5-8(6-11(2)3)9(13-4)10(12)14-7/h7-10,12H,5-6H2,1-4H3/t7-,8?,9+,10-/m1/s1. The largest absolute Gasteiger partial charge is 0.376 e. The topological polar surface area (TPSA) is 41.9 Å². The molecule has 1 aliphatic rings. The second-order valence-electron chi connectivity index (χ2n) is 4.30. The van der Waals surface area contributed by atoms with Gasteiger partial charge in [0.25, 0.3) is 0 Å². The van der Waals surface area contributed by atoms with Crippen molar-refractivity contribution in [1.82, 2.24) is 4.90 Å². The Kier molecular flexibility index (Phi) is 4.31. The zero-order chi connectivity index (χ0) is 10.7. The lowest BCUT2D eigenvalue weighted by molar-refractivity contribution is -0.238. The summed E-state index contributed by atoms with van der Waals surface area (Å²) in [6.45, 7) is 2.90. The third-order valence-corrected chi connectivity index (χ3v) is 2.62. The first-order chi connectivity index (χ1) is 6.54. The highest BCUT2D eigenvalue weighted by Gasteiger charge is 2.36. The van der Waals surface area contributed by atoms with Gasteiger partial charge in [-0.2, -0.15) is 0 Å². The molecule has 1 unspecified atom stereocenters. The predicted molar refractivity (Wildman–Crippen MR) is 54.0 cm³/mol. The van der Waals surface area contributed by atoms with Gasteiger partial charge >= 0.3 is 0 Å². The molecule has 1 N–H and O–H groups in total. The highest BCUT2D eigenvalue weighted by Crippen LogP contribution is 2.26. The monoisotopic (exact) mass is 203 g/mol. The summed E-state index contributed by atoms with van der Waals surface area (Å²) in [5.41, 5.74) is 0. The van der Waals surface area contributed by atoms with Gasteiger partial charge in [-0.25, -0.2) is 0 Å². The molecule has 1 saturated heterocycles. The Labute approximate surface area is 85.8 Å². The van der Waals surface area contributed by atoms with Crippen LogP contribution in [0.3, 0.4) is 0 Å². The molecular formula is C10H21NO3. The maximum Gasteiger partial charge on any atom is 0.181 e. The van der Waals surface area contributed by atoms with Crippen molar-refractivity contribution in [2.24, 2.45) is 5.92 Å².